The summed E-state index contributed by atoms with van der Waals surface area (Å²) in [6.45, 7) is 2.25. The molecule has 0 unspecified atom stereocenters. The lowest BCUT2D eigenvalue weighted by atomic mass is 10.1. The third kappa shape index (κ3) is 3.68. The number of hydrogen-bond acceptors (Lipinski definition) is 4. The van der Waals surface area contributed by atoms with Crippen LogP contribution in [-0.2, 0) is 16.0 Å². The van der Waals surface area contributed by atoms with Gasteiger partial charge in [0.15, 0.2) is 0 Å². The molecule has 1 aliphatic heterocycles. The Bertz CT molecular complexity index is 419. The quantitative estimate of drug-likeness (QED) is 0.856. The third-order valence-electron chi connectivity index (χ3n) is 3.27. The molecule has 0 aliphatic carbocycles. The lowest BCUT2D eigenvalue weighted by Gasteiger charge is -2.32. The van der Waals surface area contributed by atoms with E-state index in [0.29, 0.717) is 32.7 Å². The van der Waals surface area contributed by atoms with Gasteiger partial charge in [-0.05, 0) is 17.7 Å². The van der Waals surface area contributed by atoms with Crippen molar-refractivity contribution in [1.82, 2.24) is 4.90 Å². The van der Waals surface area contributed by atoms with E-state index in [2.05, 4.69) is 0 Å². The average molecular weight is 264 g/mol. The molecule has 0 spiro atoms. The van der Waals surface area contributed by atoms with E-state index in [9.17, 15) is 4.79 Å². The van der Waals surface area contributed by atoms with Crippen LogP contribution >= 0.6 is 0 Å². The van der Waals surface area contributed by atoms with Crippen LogP contribution in [-0.4, -0.2) is 50.3 Å². The zero-order valence-corrected chi connectivity index (χ0v) is 11.2. The summed E-state index contributed by atoms with van der Waals surface area (Å²) in [7, 11) is 1.63. The van der Waals surface area contributed by atoms with Crippen molar-refractivity contribution >= 4 is 5.91 Å². The van der Waals surface area contributed by atoms with Crippen molar-refractivity contribution in [2.45, 2.75) is 12.5 Å². The van der Waals surface area contributed by atoms with Gasteiger partial charge >= 0.3 is 0 Å². The molecular weight excluding hydrogens is 244 g/mol. The molecule has 0 saturated carbocycles. The van der Waals surface area contributed by atoms with Crippen LogP contribution in [0.5, 0.6) is 5.75 Å². The molecule has 1 aliphatic rings. The predicted octanol–water partition coefficient (Wildman–Crippen LogP) is 0.424. The van der Waals surface area contributed by atoms with Crippen molar-refractivity contribution in [3.05, 3.63) is 29.8 Å². The second kappa shape index (κ2) is 6.54. The molecule has 5 heteroatoms. The van der Waals surface area contributed by atoms with E-state index in [0.717, 1.165) is 11.3 Å². The standard InChI is InChI=1S/C14H20N2O3/c1-18-12-4-2-11(3-5-12)8-14(17)16-6-7-19-13(9-15)10-16/h2-5,13H,6-10,15H2,1H3/t13-/m0/s1. The Morgan fingerprint density at radius 1 is 1.47 bits per heavy atom. The first-order valence-electron chi connectivity index (χ1n) is 6.45. The maximum absolute atomic E-state index is 12.2. The molecule has 1 heterocycles. The summed E-state index contributed by atoms with van der Waals surface area (Å²) < 4.78 is 10.5. The molecule has 1 aromatic rings. The van der Waals surface area contributed by atoms with E-state index in [4.69, 9.17) is 15.2 Å². The zero-order chi connectivity index (χ0) is 13.7. The second-order valence-electron chi connectivity index (χ2n) is 4.59. The number of ether oxygens (including phenoxy) is 2. The van der Waals surface area contributed by atoms with Gasteiger partial charge in [-0.3, -0.25) is 4.79 Å². The van der Waals surface area contributed by atoms with Gasteiger partial charge < -0.3 is 20.1 Å². The van der Waals surface area contributed by atoms with Gasteiger partial charge in [0, 0.05) is 19.6 Å². The normalized spacial score (nSPS) is 19.3. The number of nitrogens with zero attached hydrogens (tertiary/aromatic N) is 1. The molecule has 2 N–H and O–H groups in total. The Morgan fingerprint density at radius 3 is 2.84 bits per heavy atom. The number of hydrogen-bond donors (Lipinski definition) is 1. The highest BCUT2D eigenvalue weighted by Gasteiger charge is 2.23. The lowest BCUT2D eigenvalue weighted by Crippen LogP contribution is -2.48. The van der Waals surface area contributed by atoms with Crippen LogP contribution < -0.4 is 10.5 Å². The third-order valence-corrected chi connectivity index (χ3v) is 3.27. The van der Waals surface area contributed by atoms with Crippen LogP contribution in [0.1, 0.15) is 5.56 Å². The van der Waals surface area contributed by atoms with E-state index in [-0.39, 0.29) is 12.0 Å². The van der Waals surface area contributed by atoms with E-state index >= 15 is 0 Å². The van der Waals surface area contributed by atoms with Crippen molar-refractivity contribution in [3.63, 3.8) is 0 Å². The molecule has 19 heavy (non-hydrogen) atoms. The van der Waals surface area contributed by atoms with Crippen LogP contribution in [0, 0.1) is 0 Å². The first-order valence-corrected chi connectivity index (χ1v) is 6.45. The summed E-state index contributed by atoms with van der Waals surface area (Å²) in [5.41, 5.74) is 6.56. The van der Waals surface area contributed by atoms with Crippen LogP contribution in [0.15, 0.2) is 24.3 Å². The summed E-state index contributed by atoms with van der Waals surface area (Å²) in [5, 5.41) is 0. The largest absolute Gasteiger partial charge is 0.497 e. The van der Waals surface area contributed by atoms with E-state index < -0.39 is 0 Å². The molecule has 104 valence electrons. The number of methoxy groups -OCH3 is 1. The Balaban J connectivity index is 1.92. The Morgan fingerprint density at radius 2 is 2.21 bits per heavy atom. The zero-order valence-electron chi connectivity index (χ0n) is 11.2. The highest BCUT2D eigenvalue weighted by atomic mass is 16.5. The predicted molar refractivity (Wildman–Crippen MR) is 72.1 cm³/mol. The van der Waals surface area contributed by atoms with E-state index in [1.54, 1.807) is 7.11 Å². The van der Waals surface area contributed by atoms with Gasteiger partial charge in [-0.15, -0.1) is 0 Å². The van der Waals surface area contributed by atoms with Gasteiger partial charge in [-0.2, -0.15) is 0 Å². The van der Waals surface area contributed by atoms with Crippen LogP contribution in [0.25, 0.3) is 0 Å². The number of rotatable bonds is 4. The van der Waals surface area contributed by atoms with Crippen LogP contribution in [0.3, 0.4) is 0 Å². The molecule has 1 amide bonds. The minimum absolute atomic E-state index is 0.0337. The monoisotopic (exact) mass is 264 g/mol. The number of nitrogens with two attached hydrogens (primary N) is 1. The van der Waals surface area contributed by atoms with Gasteiger partial charge in [0.2, 0.25) is 5.91 Å². The summed E-state index contributed by atoms with van der Waals surface area (Å²) in [4.78, 5) is 14.0. The first kappa shape index (κ1) is 13.8. The molecule has 5 nitrogen and oxygen atoms in total. The number of benzene rings is 1. The second-order valence-corrected chi connectivity index (χ2v) is 4.59. The lowest BCUT2D eigenvalue weighted by molar-refractivity contribution is -0.137. The summed E-state index contributed by atoms with van der Waals surface area (Å²) in [6, 6.07) is 7.56. The van der Waals surface area contributed by atoms with Gasteiger partial charge in [-0.25, -0.2) is 0 Å². The fourth-order valence-electron chi connectivity index (χ4n) is 2.12. The van der Waals surface area contributed by atoms with Crippen molar-refractivity contribution in [1.29, 1.82) is 0 Å². The summed E-state index contributed by atoms with van der Waals surface area (Å²) in [5.74, 6) is 0.915. The minimum Gasteiger partial charge on any atom is -0.497 e. The molecule has 1 atom stereocenters. The molecule has 0 aromatic heterocycles. The smallest absolute Gasteiger partial charge is 0.227 e. The van der Waals surface area contributed by atoms with Crippen molar-refractivity contribution < 1.29 is 14.3 Å². The number of morpholine rings is 1. The highest BCUT2D eigenvalue weighted by molar-refractivity contribution is 5.79. The molecular formula is C14H20N2O3. The maximum Gasteiger partial charge on any atom is 0.227 e. The molecule has 2 rings (SSSR count). The van der Waals surface area contributed by atoms with Gasteiger partial charge in [0.25, 0.3) is 0 Å². The SMILES string of the molecule is COc1ccc(CC(=O)N2CCO[C@@H](CN)C2)cc1. The summed E-state index contributed by atoms with van der Waals surface area (Å²) >= 11 is 0. The van der Waals surface area contributed by atoms with Gasteiger partial charge in [0.05, 0.1) is 26.2 Å². The molecule has 1 fully saturated rings. The maximum atomic E-state index is 12.2. The molecule has 0 radical (unpaired) electrons. The highest BCUT2D eigenvalue weighted by Crippen LogP contribution is 2.13. The fraction of sp³-hybridized carbons (Fsp3) is 0.500. The number of carbonyl (C=O) groups excluding carboxylic acids is 1. The van der Waals surface area contributed by atoms with E-state index in [1.165, 1.54) is 0 Å². The average Bonchev–Trinajstić information content (AvgIpc) is 2.48. The van der Waals surface area contributed by atoms with Crippen molar-refractivity contribution in [2.24, 2.45) is 5.73 Å². The number of carbonyl (C=O) groups is 1. The Labute approximate surface area is 113 Å². The van der Waals surface area contributed by atoms with Gasteiger partial charge in [0.1, 0.15) is 5.75 Å². The van der Waals surface area contributed by atoms with Gasteiger partial charge in [-0.1, -0.05) is 12.1 Å². The fourth-order valence-corrected chi connectivity index (χ4v) is 2.12. The molecule has 1 saturated heterocycles. The minimum atomic E-state index is -0.0337. The van der Waals surface area contributed by atoms with Crippen LogP contribution in [0.4, 0.5) is 0 Å². The number of amides is 1. The summed E-state index contributed by atoms with van der Waals surface area (Å²) in [6.07, 6.45) is 0.370. The topological polar surface area (TPSA) is 64.8 Å². The first-order chi connectivity index (χ1) is 9.22. The molecule has 1 aromatic carbocycles. The Hall–Kier alpha value is -1.59. The van der Waals surface area contributed by atoms with Crippen molar-refractivity contribution in [2.75, 3.05) is 33.4 Å². The van der Waals surface area contributed by atoms with Crippen molar-refractivity contribution in [3.8, 4) is 5.75 Å². The van der Waals surface area contributed by atoms with Crippen LogP contribution in [0.2, 0.25) is 0 Å². The van der Waals surface area contributed by atoms with E-state index in [1.807, 2.05) is 29.2 Å². The molecule has 0 bridgehead atoms. The Kier molecular flexibility index (Phi) is 4.76.